The van der Waals surface area contributed by atoms with Gasteiger partial charge in [0, 0.05) is 25.2 Å². The van der Waals surface area contributed by atoms with Gasteiger partial charge < -0.3 is 10.2 Å². The Labute approximate surface area is 135 Å². The van der Waals surface area contributed by atoms with Crippen molar-refractivity contribution in [2.45, 2.75) is 30.1 Å². The summed E-state index contributed by atoms with van der Waals surface area (Å²) in [5.41, 5.74) is 0. The Bertz CT molecular complexity index is 562. The lowest BCUT2D eigenvalue weighted by Gasteiger charge is -2.38. The zero-order valence-electron chi connectivity index (χ0n) is 11.9. The van der Waals surface area contributed by atoms with Gasteiger partial charge in [-0.05, 0) is 25.3 Å². The molecule has 1 amide bonds. The fourth-order valence-corrected chi connectivity index (χ4v) is 4.17. The van der Waals surface area contributed by atoms with Crippen LogP contribution in [-0.2, 0) is 14.8 Å². The molecule has 0 bridgehead atoms. The molecule has 1 aliphatic heterocycles. The quantitative estimate of drug-likeness (QED) is 0.833. The molecule has 21 heavy (non-hydrogen) atoms. The van der Waals surface area contributed by atoms with Crippen LogP contribution in [0.1, 0.15) is 13.8 Å². The smallest absolute Gasteiger partial charge is 0.250 e. The van der Waals surface area contributed by atoms with E-state index >= 15 is 0 Å². The van der Waals surface area contributed by atoms with Crippen molar-refractivity contribution in [3.63, 3.8) is 0 Å². The minimum absolute atomic E-state index is 0. The molecule has 0 saturated carbocycles. The topological polar surface area (TPSA) is 78.5 Å². The second-order valence-corrected chi connectivity index (χ2v) is 7.77. The zero-order chi connectivity index (χ0) is 14.8. The molecule has 120 valence electrons. The molecule has 0 spiro atoms. The van der Waals surface area contributed by atoms with Crippen LogP contribution in [0.25, 0.3) is 0 Å². The maximum Gasteiger partial charge on any atom is 0.250 e. The van der Waals surface area contributed by atoms with E-state index < -0.39 is 10.0 Å². The van der Waals surface area contributed by atoms with Crippen molar-refractivity contribution in [3.05, 3.63) is 17.5 Å². The fourth-order valence-electron chi connectivity index (χ4n) is 2.15. The summed E-state index contributed by atoms with van der Waals surface area (Å²) in [5, 5.41) is 4.97. The number of hydrogen-bond donors (Lipinski definition) is 2. The van der Waals surface area contributed by atoms with Gasteiger partial charge >= 0.3 is 0 Å². The van der Waals surface area contributed by atoms with Crippen LogP contribution in [0.5, 0.6) is 0 Å². The third kappa shape index (κ3) is 4.40. The highest BCUT2D eigenvalue weighted by atomic mass is 35.5. The Morgan fingerprint density at radius 3 is 2.86 bits per heavy atom. The molecule has 2 rings (SSSR count). The number of piperazine rings is 1. The lowest BCUT2D eigenvalue weighted by Crippen LogP contribution is -2.58. The van der Waals surface area contributed by atoms with Gasteiger partial charge in [0.1, 0.15) is 4.21 Å². The molecular formula is C12H20ClN3O3S2. The van der Waals surface area contributed by atoms with Gasteiger partial charge in [-0.1, -0.05) is 6.07 Å². The van der Waals surface area contributed by atoms with E-state index in [9.17, 15) is 13.2 Å². The van der Waals surface area contributed by atoms with E-state index in [-0.39, 0.29) is 41.2 Å². The Balaban J connectivity index is 0.00000220. The summed E-state index contributed by atoms with van der Waals surface area (Å²) < 4.78 is 26.5. The molecule has 1 aromatic rings. The second-order valence-electron chi connectivity index (χ2n) is 4.83. The van der Waals surface area contributed by atoms with E-state index in [4.69, 9.17) is 0 Å². The van der Waals surface area contributed by atoms with E-state index in [1.807, 2.05) is 13.8 Å². The van der Waals surface area contributed by atoms with E-state index in [1.54, 1.807) is 16.3 Å². The lowest BCUT2D eigenvalue weighted by atomic mass is 10.1. The molecule has 0 aromatic carbocycles. The Morgan fingerprint density at radius 2 is 2.24 bits per heavy atom. The van der Waals surface area contributed by atoms with Crippen molar-refractivity contribution in [2.75, 3.05) is 19.6 Å². The first-order valence-corrected chi connectivity index (χ1v) is 8.84. The molecule has 2 unspecified atom stereocenters. The van der Waals surface area contributed by atoms with Gasteiger partial charge in [-0.2, -0.15) is 0 Å². The van der Waals surface area contributed by atoms with E-state index in [0.717, 1.165) is 17.9 Å². The Hall–Kier alpha value is -0.670. The summed E-state index contributed by atoms with van der Waals surface area (Å²) in [5.74, 6) is -0.189. The molecule has 0 aliphatic carbocycles. The van der Waals surface area contributed by atoms with Crippen LogP contribution < -0.4 is 10.0 Å². The van der Waals surface area contributed by atoms with Gasteiger partial charge in [0.05, 0.1) is 6.54 Å². The average Bonchev–Trinajstić information content (AvgIpc) is 2.94. The monoisotopic (exact) mass is 353 g/mol. The first kappa shape index (κ1) is 18.4. The molecule has 9 heteroatoms. The summed E-state index contributed by atoms with van der Waals surface area (Å²) >= 11 is 1.13. The molecule has 1 aromatic heterocycles. The number of carbonyl (C=O) groups excluding carboxylic acids is 1. The highest BCUT2D eigenvalue weighted by molar-refractivity contribution is 7.91. The number of carbonyl (C=O) groups is 1. The molecular weight excluding hydrogens is 334 g/mol. The van der Waals surface area contributed by atoms with Gasteiger partial charge in [0.25, 0.3) is 10.0 Å². The van der Waals surface area contributed by atoms with E-state index in [2.05, 4.69) is 10.0 Å². The third-order valence-corrected chi connectivity index (χ3v) is 6.33. The predicted molar refractivity (Wildman–Crippen MR) is 85.4 cm³/mol. The van der Waals surface area contributed by atoms with Crippen molar-refractivity contribution in [1.82, 2.24) is 14.9 Å². The number of rotatable bonds is 4. The van der Waals surface area contributed by atoms with Crippen molar-refractivity contribution >= 4 is 39.7 Å². The van der Waals surface area contributed by atoms with Gasteiger partial charge in [-0.25, -0.2) is 13.1 Å². The number of halogens is 1. The maximum absolute atomic E-state index is 12.1. The van der Waals surface area contributed by atoms with Crippen LogP contribution >= 0.6 is 23.7 Å². The fraction of sp³-hybridized carbons (Fsp3) is 0.583. The van der Waals surface area contributed by atoms with Crippen LogP contribution in [0.2, 0.25) is 0 Å². The number of sulfonamides is 1. The van der Waals surface area contributed by atoms with Crippen LogP contribution in [-0.4, -0.2) is 50.9 Å². The highest BCUT2D eigenvalue weighted by Crippen LogP contribution is 2.15. The lowest BCUT2D eigenvalue weighted by molar-refractivity contribution is -0.133. The molecule has 6 nitrogen and oxygen atoms in total. The number of hydrogen-bond acceptors (Lipinski definition) is 5. The third-order valence-electron chi connectivity index (χ3n) is 3.53. The van der Waals surface area contributed by atoms with Crippen molar-refractivity contribution < 1.29 is 13.2 Å². The molecule has 1 aliphatic rings. The summed E-state index contributed by atoms with van der Waals surface area (Å²) in [7, 11) is -3.58. The summed E-state index contributed by atoms with van der Waals surface area (Å²) in [6, 6.07) is 3.46. The normalized spacial score (nSPS) is 22.7. The van der Waals surface area contributed by atoms with Crippen molar-refractivity contribution in [3.8, 4) is 0 Å². The number of nitrogens with one attached hydrogen (secondary N) is 2. The van der Waals surface area contributed by atoms with Crippen LogP contribution in [0, 0.1) is 0 Å². The molecule has 2 heterocycles. The summed E-state index contributed by atoms with van der Waals surface area (Å²) in [4.78, 5) is 13.9. The van der Waals surface area contributed by atoms with Crippen LogP contribution in [0.4, 0.5) is 0 Å². The molecule has 0 radical (unpaired) electrons. The first-order valence-electron chi connectivity index (χ1n) is 6.48. The van der Waals surface area contributed by atoms with Crippen LogP contribution in [0.15, 0.2) is 21.7 Å². The molecule has 2 N–H and O–H groups in total. The number of nitrogens with zero attached hydrogens (tertiary/aromatic N) is 1. The van der Waals surface area contributed by atoms with Gasteiger partial charge in [-0.3, -0.25) is 4.79 Å². The van der Waals surface area contributed by atoms with E-state index in [0.29, 0.717) is 6.54 Å². The highest BCUT2D eigenvalue weighted by Gasteiger charge is 2.28. The predicted octanol–water partition coefficient (Wildman–Crippen LogP) is 0.657. The van der Waals surface area contributed by atoms with Gasteiger partial charge in [0.15, 0.2) is 0 Å². The second kappa shape index (κ2) is 7.55. The van der Waals surface area contributed by atoms with E-state index in [1.165, 1.54) is 6.07 Å². The van der Waals surface area contributed by atoms with Gasteiger partial charge in [0.2, 0.25) is 5.91 Å². The number of thiophene rings is 1. The minimum Gasteiger partial charge on any atom is -0.336 e. The number of amides is 1. The standard InChI is InChI=1S/C12H19N3O3S2.ClH/c1-9-10(2)15(6-5-13-9)11(16)8-14-20(17,18)12-4-3-7-19-12;/h3-4,7,9-10,13-14H,5-6,8H2,1-2H3;1H. The van der Waals surface area contributed by atoms with Crippen molar-refractivity contribution in [2.24, 2.45) is 0 Å². The van der Waals surface area contributed by atoms with Crippen molar-refractivity contribution in [1.29, 1.82) is 0 Å². The Morgan fingerprint density at radius 1 is 1.52 bits per heavy atom. The minimum atomic E-state index is -3.58. The summed E-state index contributed by atoms with van der Waals surface area (Å²) in [6.07, 6.45) is 0. The average molecular weight is 354 g/mol. The Kier molecular flexibility index (Phi) is 6.61. The molecule has 1 fully saturated rings. The zero-order valence-corrected chi connectivity index (χ0v) is 14.4. The molecule has 2 atom stereocenters. The SMILES string of the molecule is CC1NCCN(C(=O)CNS(=O)(=O)c2cccs2)C1C.Cl. The van der Waals surface area contributed by atoms with Gasteiger partial charge in [-0.15, -0.1) is 23.7 Å². The molecule has 1 saturated heterocycles. The maximum atomic E-state index is 12.1. The van der Waals surface area contributed by atoms with Crippen LogP contribution in [0.3, 0.4) is 0 Å². The largest absolute Gasteiger partial charge is 0.336 e. The summed E-state index contributed by atoms with van der Waals surface area (Å²) in [6.45, 7) is 5.11. The first-order chi connectivity index (χ1) is 9.42.